The first-order chi connectivity index (χ1) is 10.1. The molecule has 2 aromatic rings. The maximum absolute atomic E-state index is 14.2. The zero-order valence-electron chi connectivity index (χ0n) is 12.7. The van der Waals surface area contributed by atoms with Crippen LogP contribution in [0.2, 0.25) is 0 Å². The largest absolute Gasteiger partial charge is 0.452 e. The first kappa shape index (κ1) is 15.4. The molecule has 0 aliphatic carbocycles. The molecule has 1 aromatic carbocycles. The fourth-order valence-corrected chi connectivity index (χ4v) is 2.13. The number of nitrogens with one attached hydrogen (secondary N) is 1. The van der Waals surface area contributed by atoms with Gasteiger partial charge in [-0.3, -0.25) is 4.98 Å². The molecule has 0 saturated heterocycles. The topological polar surface area (TPSA) is 34.1 Å². The number of aromatic nitrogens is 1. The zero-order valence-corrected chi connectivity index (χ0v) is 12.7. The molecule has 3 nitrogen and oxygen atoms in total. The second kappa shape index (κ2) is 7.18. The van der Waals surface area contributed by atoms with Crippen LogP contribution in [0.5, 0.6) is 11.5 Å². The van der Waals surface area contributed by atoms with Gasteiger partial charge in [0.15, 0.2) is 11.6 Å². The molecule has 2 rings (SSSR count). The number of benzene rings is 1. The van der Waals surface area contributed by atoms with Crippen molar-refractivity contribution in [1.82, 2.24) is 10.3 Å². The summed E-state index contributed by atoms with van der Waals surface area (Å²) in [5.74, 6) is 0.483. The maximum Gasteiger partial charge on any atom is 0.167 e. The number of rotatable bonds is 6. The Hall–Kier alpha value is -1.94. The minimum Gasteiger partial charge on any atom is -0.452 e. The number of pyridine rings is 1. The standard InChI is InChI=1S/C17H21FN2O/c1-4-10-19-12(2)14-7-5-8-15(18)17(14)21-16-9-6-11-20-13(16)3/h5-9,11-12,19H,4,10H2,1-3H3. The van der Waals surface area contributed by atoms with Gasteiger partial charge in [0.2, 0.25) is 0 Å². The molecule has 4 heteroatoms. The van der Waals surface area contributed by atoms with Gasteiger partial charge in [-0.2, -0.15) is 0 Å². The summed E-state index contributed by atoms with van der Waals surface area (Å²) in [5, 5.41) is 3.35. The second-order valence-electron chi connectivity index (χ2n) is 5.02. The summed E-state index contributed by atoms with van der Waals surface area (Å²) in [7, 11) is 0. The summed E-state index contributed by atoms with van der Waals surface area (Å²) < 4.78 is 20.0. The van der Waals surface area contributed by atoms with Crippen molar-refractivity contribution in [3.63, 3.8) is 0 Å². The van der Waals surface area contributed by atoms with Crippen LogP contribution in [0, 0.1) is 12.7 Å². The van der Waals surface area contributed by atoms with Crippen LogP contribution >= 0.6 is 0 Å². The van der Waals surface area contributed by atoms with E-state index in [4.69, 9.17) is 4.74 Å². The number of nitrogens with zero attached hydrogens (tertiary/aromatic N) is 1. The molecular formula is C17H21FN2O. The molecule has 1 heterocycles. The number of halogens is 1. The lowest BCUT2D eigenvalue weighted by Gasteiger charge is -2.19. The van der Waals surface area contributed by atoms with Gasteiger partial charge in [0.25, 0.3) is 0 Å². The molecule has 0 fully saturated rings. The molecule has 21 heavy (non-hydrogen) atoms. The van der Waals surface area contributed by atoms with Crippen LogP contribution in [0.3, 0.4) is 0 Å². The molecule has 112 valence electrons. The van der Waals surface area contributed by atoms with Crippen LogP contribution in [-0.4, -0.2) is 11.5 Å². The van der Waals surface area contributed by atoms with E-state index in [9.17, 15) is 4.39 Å². The molecule has 1 unspecified atom stereocenters. The number of hydrogen-bond donors (Lipinski definition) is 1. The van der Waals surface area contributed by atoms with Gasteiger partial charge in [-0.1, -0.05) is 19.1 Å². The van der Waals surface area contributed by atoms with Gasteiger partial charge in [0.1, 0.15) is 5.75 Å². The van der Waals surface area contributed by atoms with Crippen molar-refractivity contribution < 1.29 is 9.13 Å². The van der Waals surface area contributed by atoms with Crippen molar-refractivity contribution in [2.24, 2.45) is 0 Å². The lowest BCUT2D eigenvalue weighted by atomic mass is 10.1. The van der Waals surface area contributed by atoms with E-state index in [-0.39, 0.29) is 17.6 Å². The van der Waals surface area contributed by atoms with Crippen LogP contribution in [0.15, 0.2) is 36.5 Å². The fourth-order valence-electron chi connectivity index (χ4n) is 2.13. The van der Waals surface area contributed by atoms with E-state index >= 15 is 0 Å². The van der Waals surface area contributed by atoms with Gasteiger partial charge in [-0.15, -0.1) is 0 Å². The van der Waals surface area contributed by atoms with Gasteiger partial charge in [0, 0.05) is 17.8 Å². The average Bonchev–Trinajstić information content (AvgIpc) is 2.49. The highest BCUT2D eigenvalue weighted by atomic mass is 19.1. The molecule has 0 saturated carbocycles. The highest BCUT2D eigenvalue weighted by molar-refractivity contribution is 5.41. The van der Waals surface area contributed by atoms with Gasteiger partial charge in [-0.05, 0) is 45.0 Å². The van der Waals surface area contributed by atoms with E-state index in [0.29, 0.717) is 5.75 Å². The highest BCUT2D eigenvalue weighted by Gasteiger charge is 2.16. The SMILES string of the molecule is CCCNC(C)c1cccc(F)c1Oc1cccnc1C. The predicted octanol–water partition coefficient (Wildman–Crippen LogP) is 4.38. The predicted molar refractivity (Wildman–Crippen MR) is 82.2 cm³/mol. The van der Waals surface area contributed by atoms with Crippen molar-refractivity contribution in [2.45, 2.75) is 33.2 Å². The minimum atomic E-state index is -0.360. The van der Waals surface area contributed by atoms with Gasteiger partial charge >= 0.3 is 0 Å². The third kappa shape index (κ3) is 3.79. The Kier molecular flexibility index (Phi) is 5.28. The lowest BCUT2D eigenvalue weighted by molar-refractivity contribution is 0.421. The summed E-state index contributed by atoms with van der Waals surface area (Å²) >= 11 is 0. The Bertz CT molecular complexity index is 601. The van der Waals surface area contributed by atoms with Crippen molar-refractivity contribution in [2.75, 3.05) is 6.54 Å². The molecule has 0 amide bonds. The second-order valence-corrected chi connectivity index (χ2v) is 5.02. The van der Waals surface area contributed by atoms with Crippen LogP contribution in [0.4, 0.5) is 4.39 Å². The van der Waals surface area contributed by atoms with E-state index in [2.05, 4.69) is 17.2 Å². The molecule has 0 spiro atoms. The third-order valence-electron chi connectivity index (χ3n) is 3.33. The Balaban J connectivity index is 2.32. The Morgan fingerprint density at radius 1 is 1.29 bits per heavy atom. The van der Waals surface area contributed by atoms with Gasteiger partial charge < -0.3 is 10.1 Å². The number of aryl methyl sites for hydroxylation is 1. The number of hydrogen-bond acceptors (Lipinski definition) is 3. The average molecular weight is 288 g/mol. The first-order valence-corrected chi connectivity index (χ1v) is 7.24. The number of para-hydroxylation sites is 1. The maximum atomic E-state index is 14.2. The molecule has 0 radical (unpaired) electrons. The van der Waals surface area contributed by atoms with Crippen LogP contribution in [0.25, 0.3) is 0 Å². The molecule has 0 aliphatic rings. The van der Waals surface area contributed by atoms with E-state index in [1.165, 1.54) is 6.07 Å². The smallest absolute Gasteiger partial charge is 0.167 e. The first-order valence-electron chi connectivity index (χ1n) is 7.24. The van der Waals surface area contributed by atoms with E-state index < -0.39 is 0 Å². The quantitative estimate of drug-likeness (QED) is 0.856. The molecule has 0 bridgehead atoms. The Morgan fingerprint density at radius 3 is 2.81 bits per heavy atom. The normalized spacial score (nSPS) is 12.2. The Labute approximate surface area is 125 Å². The molecule has 1 N–H and O–H groups in total. The van der Waals surface area contributed by atoms with Gasteiger partial charge in [0.05, 0.1) is 5.69 Å². The molecule has 0 aliphatic heterocycles. The highest BCUT2D eigenvalue weighted by Crippen LogP contribution is 2.33. The summed E-state index contributed by atoms with van der Waals surface area (Å²) in [6.45, 7) is 6.83. The van der Waals surface area contributed by atoms with Crippen LogP contribution in [-0.2, 0) is 0 Å². The fraction of sp³-hybridized carbons (Fsp3) is 0.353. The summed E-state index contributed by atoms with van der Waals surface area (Å²) in [4.78, 5) is 4.17. The van der Waals surface area contributed by atoms with Gasteiger partial charge in [-0.25, -0.2) is 4.39 Å². The zero-order chi connectivity index (χ0) is 15.2. The van der Waals surface area contributed by atoms with Crippen LogP contribution in [0.1, 0.15) is 37.6 Å². The van der Waals surface area contributed by atoms with Crippen molar-refractivity contribution in [3.05, 3.63) is 53.6 Å². The van der Waals surface area contributed by atoms with Crippen molar-refractivity contribution in [1.29, 1.82) is 0 Å². The Morgan fingerprint density at radius 2 is 2.10 bits per heavy atom. The lowest BCUT2D eigenvalue weighted by Crippen LogP contribution is -2.20. The summed E-state index contributed by atoms with van der Waals surface area (Å²) in [6, 6.07) is 8.60. The molecule has 1 aromatic heterocycles. The summed E-state index contributed by atoms with van der Waals surface area (Å²) in [6.07, 6.45) is 2.72. The van der Waals surface area contributed by atoms with E-state index in [1.54, 1.807) is 24.4 Å². The number of ether oxygens (including phenoxy) is 1. The minimum absolute atomic E-state index is 0.0210. The van der Waals surface area contributed by atoms with Crippen molar-refractivity contribution >= 4 is 0 Å². The van der Waals surface area contributed by atoms with E-state index in [0.717, 1.165) is 24.2 Å². The van der Waals surface area contributed by atoms with Crippen molar-refractivity contribution in [3.8, 4) is 11.5 Å². The third-order valence-corrected chi connectivity index (χ3v) is 3.33. The molecule has 1 atom stereocenters. The monoisotopic (exact) mass is 288 g/mol. The van der Waals surface area contributed by atoms with Crippen LogP contribution < -0.4 is 10.1 Å². The van der Waals surface area contributed by atoms with E-state index in [1.807, 2.05) is 19.9 Å². The molecular weight excluding hydrogens is 267 g/mol. The summed E-state index contributed by atoms with van der Waals surface area (Å²) in [5.41, 5.74) is 1.55.